The van der Waals surface area contributed by atoms with Gasteiger partial charge in [-0.2, -0.15) is 0 Å². The fourth-order valence-electron chi connectivity index (χ4n) is 2.19. The molecule has 1 atom stereocenters. The first-order valence-electron chi connectivity index (χ1n) is 7.01. The highest BCUT2D eigenvalue weighted by Crippen LogP contribution is 2.23. The molecule has 0 aliphatic heterocycles. The predicted octanol–water partition coefficient (Wildman–Crippen LogP) is 3.14. The molecule has 1 aromatic carbocycles. The maximum Gasteiger partial charge on any atom is 0.231 e. The maximum absolute atomic E-state index is 12.0. The van der Waals surface area contributed by atoms with Gasteiger partial charge in [-0.15, -0.1) is 0 Å². The van der Waals surface area contributed by atoms with E-state index in [0.717, 1.165) is 21.9 Å². The summed E-state index contributed by atoms with van der Waals surface area (Å²) in [6, 6.07) is 9.61. The number of para-hydroxylation sites is 1. The number of fused-ring (bicyclic) bond motifs is 1. The summed E-state index contributed by atoms with van der Waals surface area (Å²) in [6.07, 6.45) is 3.58. The zero-order valence-electron chi connectivity index (χ0n) is 12.4. The monoisotopic (exact) mass is 315 g/mol. The molecular formula is C16H17N3O2S. The van der Waals surface area contributed by atoms with E-state index in [2.05, 4.69) is 10.3 Å². The number of hydrogen-bond acceptors (Lipinski definition) is 4. The van der Waals surface area contributed by atoms with Crippen LogP contribution in [0.3, 0.4) is 0 Å². The molecule has 114 valence electrons. The number of thioether (sulfide) groups is 1. The van der Waals surface area contributed by atoms with E-state index in [4.69, 9.17) is 4.42 Å². The average Bonchev–Trinajstić information content (AvgIpc) is 3.11. The molecule has 0 spiro atoms. The summed E-state index contributed by atoms with van der Waals surface area (Å²) < 4.78 is 7.65. The first-order valence-corrected chi connectivity index (χ1v) is 8.00. The largest absolute Gasteiger partial charge is 0.459 e. The molecule has 3 aromatic rings. The molecule has 0 aliphatic carbocycles. The van der Waals surface area contributed by atoms with Crippen molar-refractivity contribution in [2.75, 3.05) is 5.75 Å². The molecule has 2 heterocycles. The van der Waals surface area contributed by atoms with Gasteiger partial charge in [0, 0.05) is 24.8 Å². The summed E-state index contributed by atoms with van der Waals surface area (Å²) in [5, 5.41) is 4.82. The van der Waals surface area contributed by atoms with E-state index in [-0.39, 0.29) is 11.9 Å². The fraction of sp³-hybridized carbons (Fsp3) is 0.250. The van der Waals surface area contributed by atoms with Crippen molar-refractivity contribution >= 4 is 28.6 Å². The first kappa shape index (κ1) is 14.7. The van der Waals surface area contributed by atoms with Gasteiger partial charge in [-0.1, -0.05) is 30.0 Å². The molecule has 6 heteroatoms. The van der Waals surface area contributed by atoms with E-state index in [0.29, 0.717) is 5.75 Å². The van der Waals surface area contributed by atoms with Crippen molar-refractivity contribution in [2.24, 2.45) is 7.05 Å². The quantitative estimate of drug-likeness (QED) is 0.735. The Balaban J connectivity index is 1.59. The number of nitrogens with one attached hydrogen (secondary N) is 1. The Labute approximate surface area is 132 Å². The van der Waals surface area contributed by atoms with E-state index < -0.39 is 0 Å². The van der Waals surface area contributed by atoms with Crippen molar-refractivity contribution < 1.29 is 9.21 Å². The molecule has 22 heavy (non-hydrogen) atoms. The lowest BCUT2D eigenvalue weighted by molar-refractivity contribution is -0.119. The zero-order chi connectivity index (χ0) is 15.5. The number of aromatic nitrogens is 2. The fourth-order valence-corrected chi connectivity index (χ4v) is 2.93. The standard InChI is InChI=1S/C16H17N3O2S/c1-11(14-9-12-5-3-4-6-13(12)21-14)18-15(20)10-22-16-17-7-8-19(16)2/h3-9,11H,10H2,1-2H3,(H,18,20)/t11-/m0/s1. The second-order valence-electron chi connectivity index (χ2n) is 5.09. The first-order chi connectivity index (χ1) is 10.6. The Kier molecular flexibility index (Phi) is 4.20. The number of benzene rings is 1. The average molecular weight is 315 g/mol. The van der Waals surface area contributed by atoms with Gasteiger partial charge in [0.1, 0.15) is 11.3 Å². The van der Waals surface area contributed by atoms with E-state index in [1.165, 1.54) is 11.8 Å². The highest BCUT2D eigenvalue weighted by Gasteiger charge is 2.14. The SMILES string of the molecule is C[C@H](NC(=O)CSc1nccn1C)c1cc2ccccc2o1. The van der Waals surface area contributed by atoms with Crippen molar-refractivity contribution in [3.8, 4) is 0 Å². The van der Waals surface area contributed by atoms with Gasteiger partial charge in [-0.05, 0) is 19.1 Å². The van der Waals surface area contributed by atoms with Crippen LogP contribution in [-0.4, -0.2) is 21.2 Å². The van der Waals surface area contributed by atoms with E-state index in [9.17, 15) is 4.79 Å². The second kappa shape index (κ2) is 6.27. The van der Waals surface area contributed by atoms with Crippen LogP contribution in [0.4, 0.5) is 0 Å². The lowest BCUT2D eigenvalue weighted by Crippen LogP contribution is -2.28. The second-order valence-corrected chi connectivity index (χ2v) is 6.03. The number of furan rings is 1. The van der Waals surface area contributed by atoms with Crippen molar-refractivity contribution in [3.05, 3.63) is 48.5 Å². The van der Waals surface area contributed by atoms with Gasteiger partial charge in [-0.25, -0.2) is 4.98 Å². The molecule has 0 saturated heterocycles. The molecule has 1 amide bonds. The van der Waals surface area contributed by atoms with Gasteiger partial charge in [-0.3, -0.25) is 4.79 Å². The number of imidazole rings is 1. The highest BCUT2D eigenvalue weighted by atomic mass is 32.2. The molecule has 0 bridgehead atoms. The smallest absolute Gasteiger partial charge is 0.231 e. The third-order valence-electron chi connectivity index (χ3n) is 3.36. The third-order valence-corrected chi connectivity index (χ3v) is 4.42. The Bertz CT molecular complexity index is 760. The Hall–Kier alpha value is -2.21. The number of nitrogens with zero attached hydrogens (tertiary/aromatic N) is 2. The topological polar surface area (TPSA) is 60.1 Å². The molecule has 0 unspecified atom stereocenters. The highest BCUT2D eigenvalue weighted by molar-refractivity contribution is 7.99. The number of aryl methyl sites for hydroxylation is 1. The van der Waals surface area contributed by atoms with Gasteiger partial charge in [0.05, 0.1) is 11.8 Å². The minimum atomic E-state index is -0.165. The molecule has 2 aromatic heterocycles. The molecule has 0 saturated carbocycles. The summed E-state index contributed by atoms with van der Waals surface area (Å²) in [7, 11) is 1.91. The van der Waals surface area contributed by atoms with Gasteiger partial charge < -0.3 is 14.3 Å². The van der Waals surface area contributed by atoms with E-state index in [1.54, 1.807) is 6.20 Å². The van der Waals surface area contributed by atoms with Crippen LogP contribution in [0.25, 0.3) is 11.0 Å². The number of carbonyl (C=O) groups excluding carboxylic acids is 1. The number of rotatable bonds is 5. The van der Waals surface area contributed by atoms with Crippen LogP contribution in [0.2, 0.25) is 0 Å². The number of amides is 1. The van der Waals surface area contributed by atoms with Gasteiger partial charge >= 0.3 is 0 Å². The molecular weight excluding hydrogens is 298 g/mol. The molecule has 3 rings (SSSR count). The van der Waals surface area contributed by atoms with Crippen LogP contribution in [0.15, 0.2) is 52.3 Å². The Morgan fingerprint density at radius 2 is 2.27 bits per heavy atom. The van der Waals surface area contributed by atoms with E-state index >= 15 is 0 Å². The van der Waals surface area contributed by atoms with Crippen LogP contribution in [0.5, 0.6) is 0 Å². The van der Waals surface area contributed by atoms with Crippen LogP contribution >= 0.6 is 11.8 Å². The molecule has 5 nitrogen and oxygen atoms in total. The minimum absolute atomic E-state index is 0.0408. The zero-order valence-corrected chi connectivity index (χ0v) is 13.3. The maximum atomic E-state index is 12.0. The van der Waals surface area contributed by atoms with Gasteiger partial charge in [0.15, 0.2) is 5.16 Å². The van der Waals surface area contributed by atoms with Crippen LogP contribution in [0, 0.1) is 0 Å². The molecule has 1 N–H and O–H groups in total. The van der Waals surface area contributed by atoms with Crippen molar-refractivity contribution in [1.29, 1.82) is 0 Å². The normalized spacial score (nSPS) is 12.5. The summed E-state index contributed by atoms with van der Waals surface area (Å²) in [6.45, 7) is 1.92. The van der Waals surface area contributed by atoms with Crippen molar-refractivity contribution in [2.45, 2.75) is 18.1 Å². The van der Waals surface area contributed by atoms with E-state index in [1.807, 2.05) is 55.1 Å². The Morgan fingerprint density at radius 3 is 3.00 bits per heavy atom. The molecule has 0 aliphatic rings. The van der Waals surface area contributed by atoms with Crippen molar-refractivity contribution in [3.63, 3.8) is 0 Å². The van der Waals surface area contributed by atoms with Gasteiger partial charge in [0.2, 0.25) is 5.91 Å². The summed E-state index contributed by atoms with van der Waals surface area (Å²) in [5.41, 5.74) is 0.834. The summed E-state index contributed by atoms with van der Waals surface area (Å²) in [5.74, 6) is 1.05. The number of carbonyl (C=O) groups is 1. The minimum Gasteiger partial charge on any atom is -0.459 e. The van der Waals surface area contributed by atoms with Crippen molar-refractivity contribution in [1.82, 2.24) is 14.9 Å². The lowest BCUT2D eigenvalue weighted by Gasteiger charge is -2.11. The molecule has 0 radical (unpaired) electrons. The van der Waals surface area contributed by atoms with Crippen LogP contribution in [-0.2, 0) is 11.8 Å². The van der Waals surface area contributed by atoms with Crippen LogP contribution < -0.4 is 5.32 Å². The van der Waals surface area contributed by atoms with Gasteiger partial charge in [0.25, 0.3) is 0 Å². The third kappa shape index (κ3) is 3.17. The molecule has 0 fully saturated rings. The predicted molar refractivity (Wildman–Crippen MR) is 86.7 cm³/mol. The number of hydrogen-bond donors (Lipinski definition) is 1. The summed E-state index contributed by atoms with van der Waals surface area (Å²) >= 11 is 1.41. The summed E-state index contributed by atoms with van der Waals surface area (Å²) in [4.78, 5) is 16.2. The Morgan fingerprint density at radius 1 is 1.45 bits per heavy atom. The van der Waals surface area contributed by atoms with Crippen LogP contribution in [0.1, 0.15) is 18.7 Å². The lowest BCUT2D eigenvalue weighted by atomic mass is 10.2.